The molecule has 0 aliphatic heterocycles. The number of hydrogen-bond acceptors (Lipinski definition) is 2. The second-order valence-corrected chi connectivity index (χ2v) is 10.0. The molecule has 0 aromatic heterocycles. The van der Waals surface area contributed by atoms with Crippen molar-refractivity contribution in [3.05, 3.63) is 71.3 Å². The lowest BCUT2D eigenvalue weighted by Gasteiger charge is -2.32. The minimum Gasteiger partial charge on any atom is -0.158 e. The summed E-state index contributed by atoms with van der Waals surface area (Å²) in [5.41, 5.74) is 4.94. The average molecular weight is 445 g/mol. The van der Waals surface area contributed by atoms with Crippen LogP contribution in [0.3, 0.4) is 0 Å². The first-order chi connectivity index (χ1) is 16.2. The Bertz CT molecular complexity index is 842. The van der Waals surface area contributed by atoms with Crippen LogP contribution < -0.4 is 0 Å². The highest BCUT2D eigenvalue weighted by Gasteiger charge is 2.28. The predicted molar refractivity (Wildman–Crippen MR) is 144 cm³/mol. The van der Waals surface area contributed by atoms with Crippen LogP contribution in [0.15, 0.2) is 64.8 Å². The second-order valence-electron chi connectivity index (χ2n) is 10.0. The van der Waals surface area contributed by atoms with Crippen molar-refractivity contribution in [2.75, 3.05) is 0 Å². The van der Waals surface area contributed by atoms with E-state index in [0.717, 1.165) is 17.4 Å². The van der Waals surface area contributed by atoms with Crippen LogP contribution in [0.1, 0.15) is 102 Å². The zero-order valence-corrected chi connectivity index (χ0v) is 21.2. The van der Waals surface area contributed by atoms with Gasteiger partial charge in [-0.3, -0.25) is 0 Å². The summed E-state index contributed by atoms with van der Waals surface area (Å²) in [5.74, 6) is 2.24. The van der Waals surface area contributed by atoms with Crippen molar-refractivity contribution >= 4 is 11.9 Å². The maximum atomic E-state index is 4.80. The van der Waals surface area contributed by atoms with Crippen LogP contribution in [0.2, 0.25) is 0 Å². The first-order valence-electron chi connectivity index (χ1n) is 13.5. The van der Waals surface area contributed by atoms with Crippen molar-refractivity contribution in [1.29, 1.82) is 0 Å². The first kappa shape index (κ1) is 25.4. The molecule has 178 valence electrons. The van der Waals surface area contributed by atoms with Gasteiger partial charge in [-0.05, 0) is 67.1 Å². The summed E-state index contributed by atoms with van der Waals surface area (Å²) in [5, 5.41) is 9.35. The van der Waals surface area contributed by atoms with Gasteiger partial charge in [-0.25, -0.2) is 0 Å². The van der Waals surface area contributed by atoms with Crippen molar-refractivity contribution in [2.45, 2.75) is 91.4 Å². The molecule has 1 unspecified atom stereocenters. The SMILES string of the molecule is CCCCCCc1ccc(C=NN=C(c2ccccc2)C2CCC(C(C)CCC)CC2)cc1. The van der Waals surface area contributed by atoms with E-state index in [4.69, 9.17) is 5.10 Å². The maximum Gasteiger partial charge on any atom is 0.0733 e. The lowest BCUT2D eigenvalue weighted by Crippen LogP contribution is -2.25. The molecule has 1 saturated carbocycles. The molecule has 0 heterocycles. The molecule has 2 nitrogen and oxygen atoms in total. The van der Waals surface area contributed by atoms with Gasteiger partial charge in [-0.15, -0.1) is 0 Å². The van der Waals surface area contributed by atoms with Crippen molar-refractivity contribution < 1.29 is 0 Å². The third-order valence-electron chi connectivity index (χ3n) is 7.45. The molecule has 0 spiro atoms. The Hall–Kier alpha value is -2.22. The largest absolute Gasteiger partial charge is 0.158 e. The number of aryl methyl sites for hydroxylation is 1. The third kappa shape index (κ3) is 8.25. The standard InChI is InChI=1S/C31H44N2/c1-4-6-7-9-13-26-16-18-27(19-17-26)24-32-33-31(29-14-10-8-11-15-29)30-22-20-28(21-23-30)25(3)12-5-2/h8,10-11,14-19,24-25,28,30H,4-7,9,12-13,20-23H2,1-3H3. The van der Waals surface area contributed by atoms with Crippen molar-refractivity contribution in [1.82, 2.24) is 0 Å². The fourth-order valence-corrected chi connectivity index (χ4v) is 5.32. The van der Waals surface area contributed by atoms with Gasteiger partial charge in [0.15, 0.2) is 0 Å². The minimum atomic E-state index is 0.514. The number of unbranched alkanes of at least 4 members (excludes halogenated alkanes) is 3. The van der Waals surface area contributed by atoms with Gasteiger partial charge in [0, 0.05) is 5.92 Å². The summed E-state index contributed by atoms with van der Waals surface area (Å²) in [4.78, 5) is 0. The van der Waals surface area contributed by atoms with Crippen LogP contribution in [0.25, 0.3) is 0 Å². The summed E-state index contributed by atoms with van der Waals surface area (Å²) >= 11 is 0. The Labute approximate surface area is 202 Å². The highest BCUT2D eigenvalue weighted by Crippen LogP contribution is 2.36. The smallest absolute Gasteiger partial charge is 0.0733 e. The van der Waals surface area contributed by atoms with E-state index in [1.54, 1.807) is 0 Å². The number of benzene rings is 2. The molecule has 0 N–H and O–H groups in total. The molecule has 1 aliphatic carbocycles. The van der Waals surface area contributed by atoms with E-state index in [2.05, 4.69) is 80.5 Å². The summed E-state index contributed by atoms with van der Waals surface area (Å²) in [7, 11) is 0. The first-order valence-corrected chi connectivity index (χ1v) is 13.5. The molecule has 1 atom stereocenters. The van der Waals surface area contributed by atoms with E-state index in [9.17, 15) is 0 Å². The number of rotatable bonds is 12. The fraction of sp³-hybridized carbons (Fsp3) is 0.548. The van der Waals surface area contributed by atoms with Crippen LogP contribution in [0.4, 0.5) is 0 Å². The monoisotopic (exact) mass is 444 g/mol. The molecule has 3 rings (SSSR count). The quantitative estimate of drug-likeness (QED) is 0.177. The van der Waals surface area contributed by atoms with E-state index in [-0.39, 0.29) is 0 Å². The lowest BCUT2D eigenvalue weighted by molar-refractivity contribution is 0.232. The van der Waals surface area contributed by atoms with E-state index in [1.165, 1.54) is 87.5 Å². The average Bonchev–Trinajstić information content (AvgIpc) is 2.86. The molecule has 0 bridgehead atoms. The Morgan fingerprint density at radius 1 is 0.879 bits per heavy atom. The Morgan fingerprint density at radius 2 is 1.61 bits per heavy atom. The molecule has 33 heavy (non-hydrogen) atoms. The van der Waals surface area contributed by atoms with Crippen LogP contribution in [0.5, 0.6) is 0 Å². The van der Waals surface area contributed by atoms with E-state index < -0.39 is 0 Å². The molecule has 0 saturated heterocycles. The van der Waals surface area contributed by atoms with Crippen LogP contribution >= 0.6 is 0 Å². The van der Waals surface area contributed by atoms with Crippen molar-refractivity contribution in [3.63, 3.8) is 0 Å². The molecular formula is C31H44N2. The number of nitrogens with zero attached hydrogens (tertiary/aromatic N) is 2. The zero-order valence-electron chi connectivity index (χ0n) is 21.2. The summed E-state index contributed by atoms with van der Waals surface area (Å²) in [6, 6.07) is 19.5. The van der Waals surface area contributed by atoms with Crippen LogP contribution in [0, 0.1) is 17.8 Å². The second kappa shape index (κ2) is 14.1. The maximum absolute atomic E-state index is 4.80. The third-order valence-corrected chi connectivity index (χ3v) is 7.45. The Kier molecular flexibility index (Phi) is 10.9. The van der Waals surface area contributed by atoms with Crippen LogP contribution in [-0.2, 0) is 6.42 Å². The van der Waals surface area contributed by atoms with Gasteiger partial charge in [0.05, 0.1) is 11.9 Å². The molecule has 2 heteroatoms. The molecule has 2 aromatic rings. The van der Waals surface area contributed by atoms with Gasteiger partial charge >= 0.3 is 0 Å². The molecule has 0 amide bonds. The molecule has 1 fully saturated rings. The highest BCUT2D eigenvalue weighted by atomic mass is 15.2. The van der Waals surface area contributed by atoms with Crippen molar-refractivity contribution in [3.8, 4) is 0 Å². The summed E-state index contributed by atoms with van der Waals surface area (Å²) < 4.78 is 0. The summed E-state index contributed by atoms with van der Waals surface area (Å²) in [6.07, 6.45) is 16.1. The molecule has 1 aliphatic rings. The Morgan fingerprint density at radius 3 is 2.27 bits per heavy atom. The van der Waals surface area contributed by atoms with E-state index in [0.29, 0.717) is 5.92 Å². The van der Waals surface area contributed by atoms with Gasteiger partial charge in [-0.2, -0.15) is 10.2 Å². The fourth-order valence-electron chi connectivity index (χ4n) is 5.32. The predicted octanol–water partition coefficient (Wildman–Crippen LogP) is 8.88. The number of hydrogen-bond donors (Lipinski definition) is 0. The highest BCUT2D eigenvalue weighted by molar-refractivity contribution is 6.02. The van der Waals surface area contributed by atoms with E-state index >= 15 is 0 Å². The molecule has 2 aromatic carbocycles. The molecular weight excluding hydrogens is 400 g/mol. The zero-order chi connectivity index (χ0) is 23.3. The van der Waals surface area contributed by atoms with Crippen LogP contribution in [-0.4, -0.2) is 11.9 Å². The summed E-state index contributed by atoms with van der Waals surface area (Å²) in [6.45, 7) is 7.02. The van der Waals surface area contributed by atoms with Gasteiger partial charge < -0.3 is 0 Å². The topological polar surface area (TPSA) is 24.7 Å². The normalized spacial score (nSPS) is 20.3. The van der Waals surface area contributed by atoms with Gasteiger partial charge in [0.25, 0.3) is 0 Å². The molecule has 0 radical (unpaired) electrons. The Balaban J connectivity index is 1.64. The van der Waals surface area contributed by atoms with Crippen molar-refractivity contribution in [2.24, 2.45) is 28.0 Å². The van der Waals surface area contributed by atoms with Gasteiger partial charge in [0.1, 0.15) is 0 Å². The van der Waals surface area contributed by atoms with Gasteiger partial charge in [-0.1, -0.05) is 107 Å². The minimum absolute atomic E-state index is 0.514. The lowest BCUT2D eigenvalue weighted by atomic mass is 9.73. The van der Waals surface area contributed by atoms with Gasteiger partial charge in [0.2, 0.25) is 0 Å². The van der Waals surface area contributed by atoms with E-state index in [1.807, 2.05) is 6.21 Å².